The Hall–Kier alpha value is -3.00. The number of ether oxygens (including phenoxy) is 4. The van der Waals surface area contributed by atoms with Crippen LogP contribution >= 0.6 is 12.2 Å². The van der Waals surface area contributed by atoms with Crippen LogP contribution in [0.4, 0.5) is 0 Å². The lowest BCUT2D eigenvalue weighted by Crippen LogP contribution is -2.32. The van der Waals surface area contributed by atoms with Crippen molar-refractivity contribution in [3.8, 4) is 23.0 Å². The predicted octanol–water partition coefficient (Wildman–Crippen LogP) is 2.96. The zero-order valence-corrected chi connectivity index (χ0v) is 16.3. The maximum absolute atomic E-state index is 5.73. The lowest BCUT2D eigenvalue weighted by molar-refractivity contribution is 0.174. The van der Waals surface area contributed by atoms with Crippen molar-refractivity contribution in [2.24, 2.45) is 5.10 Å². The Bertz CT molecular complexity index is 916. The van der Waals surface area contributed by atoms with Crippen LogP contribution < -0.4 is 29.7 Å². The van der Waals surface area contributed by atoms with Gasteiger partial charge in [-0.15, -0.1) is 0 Å². The summed E-state index contributed by atoms with van der Waals surface area (Å²) in [6, 6.07) is 11.6. The fourth-order valence-electron chi connectivity index (χ4n) is 2.86. The van der Waals surface area contributed by atoms with Crippen LogP contribution in [0, 0.1) is 0 Å². The zero-order valence-electron chi connectivity index (χ0n) is 15.5. The Kier molecular flexibility index (Phi) is 5.48. The summed E-state index contributed by atoms with van der Waals surface area (Å²) < 4.78 is 22.1. The van der Waals surface area contributed by atoms with Crippen molar-refractivity contribution < 1.29 is 18.9 Å². The van der Waals surface area contributed by atoms with Crippen LogP contribution in [0.5, 0.6) is 23.0 Å². The van der Waals surface area contributed by atoms with E-state index in [1.807, 2.05) is 43.3 Å². The number of fused-ring (bicyclic) bond motifs is 2. The second-order valence-corrected chi connectivity index (χ2v) is 6.80. The summed E-state index contributed by atoms with van der Waals surface area (Å²) in [4.78, 5) is 0. The standard InChI is InChI=1S/C20H21N3O4S/c1-13(15-4-6-16-19(10-15)25-8-2-7-24-16)22-23-20(28)21-11-14-3-5-17-18(9-14)27-12-26-17/h3-6,9-10H,2,7-8,11-12H2,1H3,(H2,21,23,28)/b22-13-. The molecule has 2 heterocycles. The molecule has 0 fully saturated rings. The summed E-state index contributed by atoms with van der Waals surface area (Å²) in [5.74, 6) is 3.03. The molecular weight excluding hydrogens is 378 g/mol. The molecule has 0 bridgehead atoms. The van der Waals surface area contributed by atoms with E-state index >= 15 is 0 Å². The van der Waals surface area contributed by atoms with Gasteiger partial charge in [-0.25, -0.2) is 0 Å². The first-order chi connectivity index (χ1) is 13.7. The Morgan fingerprint density at radius 3 is 2.57 bits per heavy atom. The molecule has 2 N–H and O–H groups in total. The normalized spacial score (nSPS) is 15.0. The van der Waals surface area contributed by atoms with Crippen LogP contribution in [0.3, 0.4) is 0 Å². The SMILES string of the molecule is C/C(=N/NC(=S)NCc1ccc2c(c1)OCO2)c1ccc2c(c1)OCCCO2. The predicted molar refractivity (Wildman–Crippen MR) is 109 cm³/mol. The third-order valence-corrected chi connectivity index (χ3v) is 4.62. The van der Waals surface area contributed by atoms with Gasteiger partial charge >= 0.3 is 0 Å². The van der Waals surface area contributed by atoms with Gasteiger partial charge in [0.1, 0.15) is 0 Å². The van der Waals surface area contributed by atoms with E-state index in [1.54, 1.807) is 0 Å². The van der Waals surface area contributed by atoms with E-state index in [0.29, 0.717) is 24.9 Å². The highest BCUT2D eigenvalue weighted by atomic mass is 32.1. The molecule has 146 valence electrons. The fourth-order valence-corrected chi connectivity index (χ4v) is 2.98. The minimum atomic E-state index is 0.264. The van der Waals surface area contributed by atoms with Gasteiger partial charge in [0.25, 0.3) is 0 Å². The smallest absolute Gasteiger partial charge is 0.231 e. The molecule has 0 atom stereocenters. The van der Waals surface area contributed by atoms with E-state index in [4.69, 9.17) is 31.2 Å². The van der Waals surface area contributed by atoms with Crippen LogP contribution in [0.2, 0.25) is 0 Å². The molecule has 28 heavy (non-hydrogen) atoms. The van der Waals surface area contributed by atoms with Crippen LogP contribution in [0.15, 0.2) is 41.5 Å². The molecule has 8 heteroatoms. The number of benzene rings is 2. The molecule has 0 saturated heterocycles. The van der Waals surface area contributed by atoms with E-state index in [-0.39, 0.29) is 6.79 Å². The van der Waals surface area contributed by atoms with Crippen molar-refractivity contribution in [2.75, 3.05) is 20.0 Å². The number of hydrogen-bond donors (Lipinski definition) is 2. The first-order valence-corrected chi connectivity index (χ1v) is 9.46. The highest BCUT2D eigenvalue weighted by molar-refractivity contribution is 7.80. The largest absolute Gasteiger partial charge is 0.490 e. The van der Waals surface area contributed by atoms with Gasteiger partial charge in [-0.1, -0.05) is 6.07 Å². The molecule has 0 aliphatic carbocycles. The molecule has 0 spiro atoms. The second-order valence-electron chi connectivity index (χ2n) is 6.39. The van der Waals surface area contributed by atoms with Gasteiger partial charge in [0.05, 0.1) is 18.9 Å². The van der Waals surface area contributed by atoms with Crippen LogP contribution in [-0.4, -0.2) is 30.8 Å². The van der Waals surface area contributed by atoms with Gasteiger partial charge in [0.2, 0.25) is 6.79 Å². The summed E-state index contributed by atoms with van der Waals surface area (Å²) in [6.45, 7) is 4.05. The van der Waals surface area contributed by atoms with Crippen molar-refractivity contribution in [1.82, 2.24) is 10.7 Å². The van der Waals surface area contributed by atoms with Crippen molar-refractivity contribution in [3.05, 3.63) is 47.5 Å². The molecule has 0 saturated carbocycles. The van der Waals surface area contributed by atoms with E-state index in [9.17, 15) is 0 Å². The molecule has 2 aliphatic heterocycles. The van der Waals surface area contributed by atoms with Crippen LogP contribution in [0.25, 0.3) is 0 Å². The summed E-state index contributed by atoms with van der Waals surface area (Å²) in [5.41, 5.74) is 5.65. The molecule has 2 aliphatic rings. The molecule has 4 rings (SSSR count). The molecule has 0 unspecified atom stereocenters. The van der Waals surface area contributed by atoms with E-state index in [2.05, 4.69) is 15.8 Å². The van der Waals surface area contributed by atoms with Crippen LogP contribution in [-0.2, 0) is 6.54 Å². The van der Waals surface area contributed by atoms with Crippen molar-refractivity contribution >= 4 is 23.0 Å². The van der Waals surface area contributed by atoms with Gasteiger partial charge in [-0.2, -0.15) is 5.10 Å². The first kappa shape index (κ1) is 18.4. The van der Waals surface area contributed by atoms with Crippen LogP contribution in [0.1, 0.15) is 24.5 Å². The lowest BCUT2D eigenvalue weighted by Gasteiger charge is -2.10. The van der Waals surface area contributed by atoms with Gasteiger partial charge < -0.3 is 24.3 Å². The molecular formula is C20H21N3O4S. The maximum Gasteiger partial charge on any atom is 0.231 e. The molecule has 7 nitrogen and oxygen atoms in total. The minimum Gasteiger partial charge on any atom is -0.490 e. The highest BCUT2D eigenvalue weighted by Gasteiger charge is 2.13. The molecule has 2 aromatic carbocycles. The topological polar surface area (TPSA) is 73.3 Å². The summed E-state index contributed by atoms with van der Waals surface area (Å²) in [6.07, 6.45) is 0.877. The third-order valence-electron chi connectivity index (χ3n) is 4.38. The monoisotopic (exact) mass is 399 g/mol. The number of thiocarbonyl (C=S) groups is 1. The molecule has 0 amide bonds. The van der Waals surface area contributed by atoms with E-state index < -0.39 is 0 Å². The first-order valence-electron chi connectivity index (χ1n) is 9.06. The maximum atomic E-state index is 5.73. The number of hydrazone groups is 1. The van der Waals surface area contributed by atoms with E-state index in [0.717, 1.165) is 46.3 Å². The average molecular weight is 399 g/mol. The quantitative estimate of drug-likeness (QED) is 0.465. The Morgan fingerprint density at radius 1 is 0.964 bits per heavy atom. The number of nitrogens with zero attached hydrogens (tertiary/aromatic N) is 1. The van der Waals surface area contributed by atoms with Gasteiger partial charge in [0.15, 0.2) is 28.1 Å². The molecule has 0 aromatic heterocycles. The Labute approximate surface area is 168 Å². The summed E-state index contributed by atoms with van der Waals surface area (Å²) in [5, 5.41) is 7.92. The Morgan fingerprint density at radius 2 is 1.68 bits per heavy atom. The van der Waals surface area contributed by atoms with Gasteiger partial charge in [-0.05, 0) is 55.0 Å². The van der Waals surface area contributed by atoms with E-state index in [1.165, 1.54) is 0 Å². The van der Waals surface area contributed by atoms with Crippen molar-refractivity contribution in [3.63, 3.8) is 0 Å². The van der Waals surface area contributed by atoms with Gasteiger partial charge in [-0.3, -0.25) is 5.43 Å². The molecule has 2 aromatic rings. The third kappa shape index (κ3) is 4.28. The summed E-state index contributed by atoms with van der Waals surface area (Å²) >= 11 is 5.31. The van der Waals surface area contributed by atoms with Gasteiger partial charge in [0, 0.05) is 18.5 Å². The number of nitrogens with one attached hydrogen (secondary N) is 2. The lowest BCUT2D eigenvalue weighted by atomic mass is 10.1. The number of hydrogen-bond acceptors (Lipinski definition) is 6. The zero-order chi connectivity index (χ0) is 19.3. The van der Waals surface area contributed by atoms with Crippen molar-refractivity contribution in [2.45, 2.75) is 19.9 Å². The molecule has 0 radical (unpaired) electrons. The number of rotatable bonds is 4. The summed E-state index contributed by atoms with van der Waals surface area (Å²) in [7, 11) is 0. The minimum absolute atomic E-state index is 0.264. The average Bonchev–Trinajstić information content (AvgIpc) is 3.06. The fraction of sp³-hybridized carbons (Fsp3) is 0.300. The Balaban J connectivity index is 1.33. The van der Waals surface area contributed by atoms with Crippen molar-refractivity contribution in [1.29, 1.82) is 0 Å². The highest BCUT2D eigenvalue weighted by Crippen LogP contribution is 2.32. The second kappa shape index (κ2) is 8.35.